The van der Waals surface area contributed by atoms with Gasteiger partial charge in [0.15, 0.2) is 0 Å². The molecule has 1 aromatic heterocycles. The second-order valence-electron chi connectivity index (χ2n) is 8.60. The molecule has 3 heterocycles. The lowest BCUT2D eigenvalue weighted by atomic mass is 9.97. The number of benzene rings is 1. The number of amides is 1. The van der Waals surface area contributed by atoms with E-state index < -0.39 is 32.6 Å². The Morgan fingerprint density at radius 2 is 1.77 bits per heavy atom. The van der Waals surface area contributed by atoms with E-state index in [1.165, 1.54) is 12.1 Å². The molecule has 7 nitrogen and oxygen atoms in total. The van der Waals surface area contributed by atoms with Gasteiger partial charge in [0, 0.05) is 43.5 Å². The first-order valence-corrected chi connectivity index (χ1v) is 13.8. The first kappa shape index (κ1) is 26.1. The van der Waals surface area contributed by atoms with Crippen molar-refractivity contribution in [2.75, 3.05) is 45.9 Å². The summed E-state index contributed by atoms with van der Waals surface area (Å²) < 4.78 is 72.5. The largest absolute Gasteiger partial charge is 0.417 e. The van der Waals surface area contributed by atoms with Crippen molar-refractivity contribution in [2.24, 2.45) is 5.92 Å². The summed E-state index contributed by atoms with van der Waals surface area (Å²) in [5.74, 6) is -0.555. The van der Waals surface area contributed by atoms with Gasteiger partial charge in [-0.15, -0.1) is 11.3 Å². The SMILES string of the molecule is O=C(NC[C@H](c1cccs1)N1CCOCC1)C1CCN(S(=O)(=O)c2ccccc2C(F)(F)F)CC1. The molecule has 2 fully saturated rings. The number of halogens is 3. The first-order chi connectivity index (χ1) is 16.7. The van der Waals surface area contributed by atoms with Gasteiger partial charge in [0.1, 0.15) is 0 Å². The summed E-state index contributed by atoms with van der Waals surface area (Å²) in [6.45, 7) is 3.23. The van der Waals surface area contributed by atoms with E-state index in [0.29, 0.717) is 19.8 Å². The van der Waals surface area contributed by atoms with Crippen molar-refractivity contribution in [1.29, 1.82) is 0 Å². The molecule has 0 spiro atoms. The minimum atomic E-state index is -4.78. The molecule has 12 heteroatoms. The molecule has 2 aliphatic rings. The Morgan fingerprint density at radius 1 is 1.09 bits per heavy atom. The fourth-order valence-corrected chi connectivity index (χ4v) is 7.09. The number of piperidine rings is 1. The van der Waals surface area contributed by atoms with Gasteiger partial charge in [0.25, 0.3) is 0 Å². The van der Waals surface area contributed by atoms with Crippen LogP contribution in [0.15, 0.2) is 46.7 Å². The van der Waals surface area contributed by atoms with E-state index in [0.717, 1.165) is 34.4 Å². The van der Waals surface area contributed by atoms with E-state index in [1.807, 2.05) is 17.5 Å². The molecule has 192 valence electrons. The summed E-state index contributed by atoms with van der Waals surface area (Å²) in [4.78, 5) is 15.6. The van der Waals surface area contributed by atoms with Crippen LogP contribution in [0.2, 0.25) is 0 Å². The van der Waals surface area contributed by atoms with Crippen LogP contribution in [0.25, 0.3) is 0 Å². The molecular weight excluding hydrogens is 503 g/mol. The summed E-state index contributed by atoms with van der Waals surface area (Å²) in [6, 6.07) is 8.24. The summed E-state index contributed by atoms with van der Waals surface area (Å²) in [5, 5.41) is 5.02. The zero-order valence-corrected chi connectivity index (χ0v) is 20.7. The third-order valence-corrected chi connectivity index (χ3v) is 9.39. The molecule has 2 aromatic rings. The molecule has 2 aliphatic heterocycles. The number of ether oxygens (including phenoxy) is 1. The summed E-state index contributed by atoms with van der Waals surface area (Å²) >= 11 is 1.63. The van der Waals surface area contributed by atoms with Crippen molar-refractivity contribution in [3.05, 3.63) is 52.2 Å². The maximum absolute atomic E-state index is 13.4. The van der Waals surface area contributed by atoms with E-state index in [9.17, 15) is 26.4 Å². The Morgan fingerprint density at radius 3 is 2.40 bits per heavy atom. The van der Waals surface area contributed by atoms with Crippen LogP contribution in [0.4, 0.5) is 13.2 Å². The summed E-state index contributed by atoms with van der Waals surface area (Å²) in [6.07, 6.45) is -4.28. The number of thiophene rings is 1. The van der Waals surface area contributed by atoms with Gasteiger partial charge in [-0.25, -0.2) is 8.42 Å². The maximum atomic E-state index is 13.4. The number of nitrogens with one attached hydrogen (secondary N) is 1. The molecule has 1 aromatic carbocycles. The lowest BCUT2D eigenvalue weighted by molar-refractivity contribution is -0.139. The molecule has 0 saturated carbocycles. The number of hydrogen-bond acceptors (Lipinski definition) is 6. The summed E-state index contributed by atoms with van der Waals surface area (Å²) in [5.41, 5.74) is -1.18. The standard InChI is InChI=1S/C23H28F3N3O4S2/c24-23(25,26)18-4-1-2-6-21(18)35(31,32)29-9-7-17(8-10-29)22(30)27-16-19(20-5-3-15-34-20)28-11-13-33-14-12-28/h1-6,15,17,19H,7-14,16H2,(H,27,30)/t19-/m1/s1. The monoisotopic (exact) mass is 531 g/mol. The lowest BCUT2D eigenvalue weighted by Gasteiger charge is -2.35. The van der Waals surface area contributed by atoms with Crippen molar-refractivity contribution in [3.8, 4) is 0 Å². The van der Waals surface area contributed by atoms with Crippen molar-refractivity contribution >= 4 is 27.3 Å². The van der Waals surface area contributed by atoms with E-state index in [4.69, 9.17) is 4.74 Å². The van der Waals surface area contributed by atoms with Gasteiger partial charge in [-0.2, -0.15) is 17.5 Å². The zero-order chi connectivity index (χ0) is 25.1. The highest BCUT2D eigenvalue weighted by Gasteiger charge is 2.40. The van der Waals surface area contributed by atoms with Gasteiger partial charge >= 0.3 is 6.18 Å². The Kier molecular flexibility index (Phi) is 8.16. The molecule has 35 heavy (non-hydrogen) atoms. The third-order valence-electron chi connectivity index (χ3n) is 6.46. The highest BCUT2D eigenvalue weighted by Crippen LogP contribution is 2.36. The number of rotatable bonds is 7. The molecule has 0 bridgehead atoms. The van der Waals surface area contributed by atoms with Gasteiger partial charge in [0.05, 0.1) is 29.7 Å². The normalized spacial score (nSPS) is 20.0. The van der Waals surface area contributed by atoms with Crippen LogP contribution in [0.3, 0.4) is 0 Å². The number of alkyl halides is 3. The van der Waals surface area contributed by atoms with Gasteiger partial charge in [-0.1, -0.05) is 18.2 Å². The van der Waals surface area contributed by atoms with Crippen LogP contribution in [0.1, 0.15) is 29.3 Å². The Bertz CT molecular complexity index is 1100. The Labute approximate surface area is 206 Å². The van der Waals surface area contributed by atoms with Crippen LogP contribution < -0.4 is 5.32 Å². The quantitative estimate of drug-likeness (QED) is 0.593. The van der Waals surface area contributed by atoms with Crippen LogP contribution in [-0.2, 0) is 25.7 Å². The van der Waals surface area contributed by atoms with Crippen LogP contribution in [0, 0.1) is 5.92 Å². The van der Waals surface area contributed by atoms with Crippen molar-refractivity contribution in [1.82, 2.24) is 14.5 Å². The fraction of sp³-hybridized carbons (Fsp3) is 0.522. The van der Waals surface area contributed by atoms with E-state index in [-0.39, 0.29) is 37.9 Å². The van der Waals surface area contributed by atoms with Gasteiger partial charge in [-0.3, -0.25) is 9.69 Å². The van der Waals surface area contributed by atoms with Crippen molar-refractivity contribution in [3.63, 3.8) is 0 Å². The average molecular weight is 532 g/mol. The molecule has 0 aliphatic carbocycles. The number of morpholine rings is 1. The molecular formula is C23H28F3N3O4S2. The number of sulfonamides is 1. The smallest absolute Gasteiger partial charge is 0.379 e. The van der Waals surface area contributed by atoms with Crippen molar-refractivity contribution < 1.29 is 31.1 Å². The minimum Gasteiger partial charge on any atom is -0.379 e. The summed E-state index contributed by atoms with van der Waals surface area (Å²) in [7, 11) is -4.33. The van der Waals surface area contributed by atoms with Crippen LogP contribution >= 0.6 is 11.3 Å². The Hall–Kier alpha value is -1.99. The highest BCUT2D eigenvalue weighted by molar-refractivity contribution is 7.89. The molecule has 4 rings (SSSR count). The van der Waals surface area contributed by atoms with Gasteiger partial charge in [-0.05, 0) is 36.4 Å². The van der Waals surface area contributed by atoms with Crippen molar-refractivity contribution in [2.45, 2.75) is 30.0 Å². The van der Waals surface area contributed by atoms with E-state index in [1.54, 1.807) is 11.3 Å². The molecule has 0 radical (unpaired) electrons. The topological polar surface area (TPSA) is 79.0 Å². The maximum Gasteiger partial charge on any atom is 0.417 e. The fourth-order valence-electron chi connectivity index (χ4n) is 4.54. The lowest BCUT2D eigenvalue weighted by Crippen LogP contribution is -2.46. The predicted molar refractivity (Wildman–Crippen MR) is 125 cm³/mol. The molecule has 1 amide bonds. The second-order valence-corrected chi connectivity index (χ2v) is 11.5. The molecule has 1 N–H and O–H groups in total. The average Bonchev–Trinajstić information content (AvgIpc) is 3.39. The van der Waals surface area contributed by atoms with Gasteiger partial charge in [0.2, 0.25) is 15.9 Å². The highest BCUT2D eigenvalue weighted by atomic mass is 32.2. The molecule has 2 saturated heterocycles. The third kappa shape index (κ3) is 6.05. The zero-order valence-electron chi connectivity index (χ0n) is 19.0. The number of carbonyl (C=O) groups excluding carboxylic acids is 1. The molecule has 0 unspecified atom stereocenters. The number of hydrogen-bond donors (Lipinski definition) is 1. The predicted octanol–water partition coefficient (Wildman–Crippen LogP) is 3.36. The van der Waals surface area contributed by atoms with E-state index >= 15 is 0 Å². The minimum absolute atomic E-state index is 0.00950. The first-order valence-electron chi connectivity index (χ1n) is 11.5. The molecule has 1 atom stereocenters. The number of nitrogens with zero attached hydrogens (tertiary/aromatic N) is 2. The number of carbonyl (C=O) groups is 1. The van der Waals surface area contributed by atoms with Crippen LogP contribution in [-0.4, -0.2) is 69.5 Å². The Balaban J connectivity index is 1.37. The second kappa shape index (κ2) is 11.0. The van der Waals surface area contributed by atoms with Crippen LogP contribution in [0.5, 0.6) is 0 Å². The van der Waals surface area contributed by atoms with Gasteiger partial charge < -0.3 is 10.1 Å². The van der Waals surface area contributed by atoms with E-state index in [2.05, 4.69) is 10.2 Å².